The van der Waals surface area contributed by atoms with Gasteiger partial charge in [-0.15, -0.1) is 0 Å². The number of carbonyl (C=O) groups excluding carboxylic acids is 1. The number of ether oxygens (including phenoxy) is 1. The molecule has 0 N–H and O–H groups in total. The minimum absolute atomic E-state index is 0.0311. The molecule has 2 aromatic rings. The molecule has 5 heteroatoms. The van der Waals surface area contributed by atoms with Crippen molar-refractivity contribution in [3.8, 4) is 0 Å². The zero-order chi connectivity index (χ0) is 18.4. The Morgan fingerprint density at radius 2 is 1.88 bits per heavy atom. The molecule has 1 saturated heterocycles. The second kappa shape index (κ2) is 8.81. The van der Waals surface area contributed by atoms with E-state index in [1.54, 1.807) is 6.20 Å². The maximum absolute atomic E-state index is 13.0. The largest absolute Gasteiger partial charge is 0.378 e. The average molecular weight is 353 g/mol. The highest BCUT2D eigenvalue weighted by molar-refractivity contribution is 5.94. The predicted molar refractivity (Wildman–Crippen MR) is 103 cm³/mol. The summed E-state index contributed by atoms with van der Waals surface area (Å²) in [7, 11) is 0. The lowest BCUT2D eigenvalue weighted by molar-refractivity contribution is 0.0722. The van der Waals surface area contributed by atoms with Crippen LogP contribution in [0.2, 0.25) is 0 Å². The van der Waals surface area contributed by atoms with Crippen LogP contribution >= 0.6 is 0 Å². The van der Waals surface area contributed by atoms with Gasteiger partial charge in [-0.1, -0.05) is 44.2 Å². The fraction of sp³-hybridized carbons (Fsp3) is 0.429. The number of anilines is 1. The number of aromatic nitrogens is 1. The van der Waals surface area contributed by atoms with Crippen molar-refractivity contribution in [2.24, 2.45) is 5.92 Å². The summed E-state index contributed by atoms with van der Waals surface area (Å²) in [6.45, 7) is 8.73. The van der Waals surface area contributed by atoms with Crippen molar-refractivity contribution in [1.29, 1.82) is 0 Å². The molecule has 2 heterocycles. The van der Waals surface area contributed by atoms with Gasteiger partial charge >= 0.3 is 0 Å². The fourth-order valence-corrected chi connectivity index (χ4v) is 3.14. The topological polar surface area (TPSA) is 45.7 Å². The molecule has 0 radical (unpaired) electrons. The Morgan fingerprint density at radius 3 is 2.50 bits per heavy atom. The third kappa shape index (κ3) is 4.82. The van der Waals surface area contributed by atoms with Crippen molar-refractivity contribution in [3.05, 3.63) is 59.8 Å². The van der Waals surface area contributed by atoms with Crippen LogP contribution in [0.3, 0.4) is 0 Å². The smallest absolute Gasteiger partial charge is 0.255 e. The van der Waals surface area contributed by atoms with E-state index in [2.05, 4.69) is 35.9 Å². The van der Waals surface area contributed by atoms with Crippen molar-refractivity contribution < 1.29 is 9.53 Å². The second-order valence-corrected chi connectivity index (χ2v) is 7.07. The summed E-state index contributed by atoms with van der Waals surface area (Å²) in [6, 6.07) is 13.9. The van der Waals surface area contributed by atoms with Crippen LogP contribution < -0.4 is 4.90 Å². The summed E-state index contributed by atoms with van der Waals surface area (Å²) < 4.78 is 5.38. The van der Waals surface area contributed by atoms with Gasteiger partial charge in [0.1, 0.15) is 5.82 Å². The number of rotatable bonds is 6. The number of benzene rings is 1. The number of carbonyl (C=O) groups is 1. The van der Waals surface area contributed by atoms with E-state index in [1.807, 2.05) is 35.2 Å². The van der Waals surface area contributed by atoms with Gasteiger partial charge in [0.2, 0.25) is 0 Å². The number of hydrogen-bond donors (Lipinski definition) is 0. The molecule has 1 aliphatic rings. The summed E-state index contributed by atoms with van der Waals surface area (Å²) in [4.78, 5) is 21.6. The molecule has 1 amide bonds. The summed E-state index contributed by atoms with van der Waals surface area (Å²) in [5.41, 5.74) is 1.78. The van der Waals surface area contributed by atoms with Crippen LogP contribution in [0.15, 0.2) is 48.7 Å². The van der Waals surface area contributed by atoms with E-state index in [0.29, 0.717) is 18.0 Å². The first kappa shape index (κ1) is 18.4. The molecule has 3 rings (SSSR count). The molecule has 26 heavy (non-hydrogen) atoms. The van der Waals surface area contributed by atoms with E-state index in [-0.39, 0.29) is 5.91 Å². The Bertz CT molecular complexity index is 695. The molecular formula is C21H27N3O2. The Morgan fingerprint density at radius 1 is 1.15 bits per heavy atom. The minimum atomic E-state index is 0.0311. The normalized spacial score (nSPS) is 14.5. The second-order valence-electron chi connectivity index (χ2n) is 7.07. The summed E-state index contributed by atoms with van der Waals surface area (Å²) in [6.07, 6.45) is 1.70. The van der Waals surface area contributed by atoms with Gasteiger partial charge in [-0.2, -0.15) is 0 Å². The van der Waals surface area contributed by atoms with Crippen LogP contribution in [0.4, 0.5) is 5.82 Å². The van der Waals surface area contributed by atoms with E-state index >= 15 is 0 Å². The Labute approximate surface area is 155 Å². The fourth-order valence-electron chi connectivity index (χ4n) is 3.14. The maximum atomic E-state index is 13.0. The number of nitrogens with zero attached hydrogens (tertiary/aromatic N) is 3. The van der Waals surface area contributed by atoms with Crippen molar-refractivity contribution in [1.82, 2.24) is 9.88 Å². The molecule has 0 spiro atoms. The van der Waals surface area contributed by atoms with Gasteiger partial charge in [-0.05, 0) is 23.6 Å². The van der Waals surface area contributed by atoms with Crippen LogP contribution in [0.25, 0.3) is 0 Å². The molecule has 0 aliphatic carbocycles. The van der Waals surface area contributed by atoms with Gasteiger partial charge in [0.05, 0.1) is 18.8 Å². The quantitative estimate of drug-likeness (QED) is 0.800. The maximum Gasteiger partial charge on any atom is 0.255 e. The van der Waals surface area contributed by atoms with Gasteiger partial charge in [-0.25, -0.2) is 4.98 Å². The van der Waals surface area contributed by atoms with Crippen molar-refractivity contribution >= 4 is 11.7 Å². The summed E-state index contributed by atoms with van der Waals surface area (Å²) >= 11 is 0. The average Bonchev–Trinajstić information content (AvgIpc) is 2.68. The molecule has 1 aliphatic heterocycles. The Balaban J connectivity index is 1.73. The van der Waals surface area contributed by atoms with Crippen molar-refractivity contribution in [2.45, 2.75) is 20.4 Å². The van der Waals surface area contributed by atoms with E-state index in [1.165, 1.54) is 0 Å². The zero-order valence-corrected chi connectivity index (χ0v) is 15.6. The van der Waals surface area contributed by atoms with Crippen LogP contribution in [0.1, 0.15) is 29.8 Å². The molecule has 138 valence electrons. The molecule has 1 fully saturated rings. The summed E-state index contributed by atoms with van der Waals surface area (Å²) in [5, 5.41) is 0. The van der Waals surface area contributed by atoms with Crippen molar-refractivity contribution in [2.75, 3.05) is 37.7 Å². The van der Waals surface area contributed by atoms with E-state index in [9.17, 15) is 4.79 Å². The highest BCUT2D eigenvalue weighted by Crippen LogP contribution is 2.16. The first-order valence-corrected chi connectivity index (χ1v) is 9.25. The third-order valence-corrected chi connectivity index (χ3v) is 4.42. The molecule has 5 nitrogen and oxygen atoms in total. The molecule has 0 atom stereocenters. The standard InChI is InChI=1S/C21H27N3O2/c1-17(2)15-24(16-18-6-4-3-5-7-18)21(25)19-8-9-20(22-14-19)23-10-12-26-13-11-23/h3-9,14,17H,10-13,15-16H2,1-2H3. The first-order valence-electron chi connectivity index (χ1n) is 9.25. The highest BCUT2D eigenvalue weighted by Gasteiger charge is 2.19. The number of morpholine rings is 1. The first-order chi connectivity index (χ1) is 12.6. The van der Waals surface area contributed by atoms with Crippen molar-refractivity contribution in [3.63, 3.8) is 0 Å². The van der Waals surface area contributed by atoms with Gasteiger partial charge in [0.25, 0.3) is 5.91 Å². The van der Waals surface area contributed by atoms with E-state index in [0.717, 1.165) is 44.2 Å². The molecule has 1 aromatic carbocycles. The molecule has 1 aromatic heterocycles. The number of pyridine rings is 1. The van der Waals surface area contributed by atoms with E-state index in [4.69, 9.17) is 4.74 Å². The molecule has 0 saturated carbocycles. The minimum Gasteiger partial charge on any atom is -0.378 e. The van der Waals surface area contributed by atoms with Gasteiger partial charge in [-0.3, -0.25) is 4.79 Å². The SMILES string of the molecule is CC(C)CN(Cc1ccccc1)C(=O)c1ccc(N2CCOCC2)nc1. The zero-order valence-electron chi connectivity index (χ0n) is 15.6. The lowest BCUT2D eigenvalue weighted by Gasteiger charge is -2.28. The number of hydrogen-bond acceptors (Lipinski definition) is 4. The highest BCUT2D eigenvalue weighted by atomic mass is 16.5. The lowest BCUT2D eigenvalue weighted by Crippen LogP contribution is -2.37. The monoisotopic (exact) mass is 353 g/mol. The van der Waals surface area contributed by atoms with Gasteiger partial charge in [0.15, 0.2) is 0 Å². The van der Waals surface area contributed by atoms with Crippen LogP contribution in [-0.2, 0) is 11.3 Å². The lowest BCUT2D eigenvalue weighted by atomic mass is 10.1. The van der Waals surface area contributed by atoms with Gasteiger partial charge < -0.3 is 14.5 Å². The number of amides is 1. The molecule has 0 unspecified atom stereocenters. The third-order valence-electron chi connectivity index (χ3n) is 4.42. The Kier molecular flexibility index (Phi) is 6.23. The Hall–Kier alpha value is -2.40. The predicted octanol–water partition coefficient (Wildman–Crippen LogP) is 3.22. The van der Waals surface area contributed by atoms with Crippen LogP contribution in [0, 0.1) is 5.92 Å². The van der Waals surface area contributed by atoms with E-state index < -0.39 is 0 Å². The molecule has 0 bridgehead atoms. The van der Waals surface area contributed by atoms with Gasteiger partial charge in [0, 0.05) is 32.4 Å². The summed E-state index contributed by atoms with van der Waals surface area (Å²) in [5.74, 6) is 1.34. The molecular weight excluding hydrogens is 326 g/mol. The van der Waals surface area contributed by atoms with Crippen LogP contribution in [-0.4, -0.2) is 48.6 Å². The van der Waals surface area contributed by atoms with Crippen LogP contribution in [0.5, 0.6) is 0 Å².